The number of ether oxygens (including phenoxy) is 1. The first-order chi connectivity index (χ1) is 27.8. The van der Waals surface area contributed by atoms with Gasteiger partial charge in [0, 0.05) is 28.2 Å². The zero-order chi connectivity index (χ0) is 37.3. The second kappa shape index (κ2) is 14.4. The average molecular weight is 716 g/mol. The van der Waals surface area contributed by atoms with Gasteiger partial charge < -0.3 is 9.64 Å². The fourth-order valence-corrected chi connectivity index (χ4v) is 7.94. The molecule has 0 fully saturated rings. The van der Waals surface area contributed by atoms with Gasteiger partial charge >= 0.3 is 0 Å². The highest BCUT2D eigenvalue weighted by molar-refractivity contribution is 5.99. The van der Waals surface area contributed by atoms with Crippen molar-refractivity contribution in [1.29, 1.82) is 0 Å². The van der Waals surface area contributed by atoms with Crippen molar-refractivity contribution in [2.75, 3.05) is 4.90 Å². The average Bonchev–Trinajstić information content (AvgIpc) is 3.42. The molecule has 2 heteroatoms. The van der Waals surface area contributed by atoms with Crippen LogP contribution in [0.4, 0.5) is 17.1 Å². The molecule has 0 unspecified atom stereocenters. The van der Waals surface area contributed by atoms with E-state index >= 15 is 0 Å². The van der Waals surface area contributed by atoms with Crippen molar-refractivity contribution in [2.24, 2.45) is 0 Å². The molecular weight excluding hydrogens is 679 g/mol. The molecule has 9 aromatic rings. The van der Waals surface area contributed by atoms with Gasteiger partial charge in [-0.25, -0.2) is 0 Å². The first kappa shape index (κ1) is 33.2. The highest BCUT2D eigenvalue weighted by Crippen LogP contribution is 2.52. The molecule has 0 N–H and O–H groups in total. The van der Waals surface area contributed by atoms with E-state index in [0.29, 0.717) is 0 Å². The zero-order valence-electron chi connectivity index (χ0n) is 30.7. The lowest BCUT2D eigenvalue weighted by molar-refractivity contribution is 0.488. The van der Waals surface area contributed by atoms with Gasteiger partial charge in [-0.1, -0.05) is 170 Å². The first-order valence-corrected chi connectivity index (χ1v) is 19.1. The molecule has 0 aliphatic carbocycles. The summed E-state index contributed by atoms with van der Waals surface area (Å²) in [5.74, 6) is 1.67. The summed E-state index contributed by atoms with van der Waals surface area (Å²) in [6.45, 7) is 0. The minimum absolute atomic E-state index is 0.822. The van der Waals surface area contributed by atoms with Crippen LogP contribution in [0.5, 0.6) is 11.5 Å². The fourth-order valence-electron chi connectivity index (χ4n) is 7.94. The number of nitrogens with zero attached hydrogens (tertiary/aromatic N) is 1. The Morgan fingerprint density at radius 2 is 0.714 bits per heavy atom. The maximum Gasteiger partial charge on any atom is 0.135 e. The van der Waals surface area contributed by atoms with E-state index in [2.05, 4.69) is 229 Å². The summed E-state index contributed by atoms with van der Waals surface area (Å²) in [4.78, 5) is 2.35. The normalized spacial score (nSPS) is 11.4. The standard InChI is InChI=1S/C54H37NO/c1-5-14-38(15-6-1)41-24-29-45(30-25-41)55(46-31-26-42(27-32-46)39-16-7-2-8-17-39)47-33-35-52-51(37-47)50-36-44(40-18-9-3-10-19-40)28-34-49(50)54-48(22-13-23-53(54)56-52)43-20-11-4-12-21-43/h1-37H. The van der Waals surface area contributed by atoms with E-state index in [0.717, 1.165) is 67.5 Å². The first-order valence-electron chi connectivity index (χ1n) is 19.1. The Bertz CT molecular complexity index is 2700. The highest BCUT2D eigenvalue weighted by Gasteiger charge is 2.26. The molecule has 9 aromatic carbocycles. The van der Waals surface area contributed by atoms with E-state index < -0.39 is 0 Å². The van der Waals surface area contributed by atoms with Gasteiger partial charge in [-0.15, -0.1) is 0 Å². The zero-order valence-corrected chi connectivity index (χ0v) is 30.7. The predicted molar refractivity (Wildman–Crippen MR) is 234 cm³/mol. The van der Waals surface area contributed by atoms with Crippen LogP contribution in [-0.4, -0.2) is 0 Å². The molecule has 0 saturated carbocycles. The molecule has 1 aliphatic heterocycles. The van der Waals surface area contributed by atoms with E-state index in [-0.39, 0.29) is 0 Å². The molecule has 0 aromatic heterocycles. The third-order valence-electron chi connectivity index (χ3n) is 10.7. The Balaban J connectivity index is 1.16. The second-order valence-corrected chi connectivity index (χ2v) is 14.1. The van der Waals surface area contributed by atoms with Crippen LogP contribution in [0, 0.1) is 0 Å². The summed E-state index contributed by atoms with van der Waals surface area (Å²) in [6.07, 6.45) is 0. The molecule has 1 heterocycles. The fraction of sp³-hybridized carbons (Fsp3) is 0. The van der Waals surface area contributed by atoms with E-state index in [1.165, 1.54) is 27.8 Å². The van der Waals surface area contributed by atoms with E-state index in [1.54, 1.807) is 0 Å². The summed E-state index contributed by atoms with van der Waals surface area (Å²) >= 11 is 0. The van der Waals surface area contributed by atoms with Crippen LogP contribution < -0.4 is 9.64 Å². The third-order valence-corrected chi connectivity index (χ3v) is 10.7. The van der Waals surface area contributed by atoms with Gasteiger partial charge in [0.05, 0.1) is 0 Å². The highest BCUT2D eigenvalue weighted by atomic mass is 16.5. The summed E-state index contributed by atoms with van der Waals surface area (Å²) < 4.78 is 6.95. The molecule has 0 saturated heterocycles. The maximum absolute atomic E-state index is 6.95. The van der Waals surface area contributed by atoms with Gasteiger partial charge in [-0.2, -0.15) is 0 Å². The van der Waals surface area contributed by atoms with Crippen molar-refractivity contribution in [3.05, 3.63) is 224 Å². The van der Waals surface area contributed by atoms with Gasteiger partial charge in [0.1, 0.15) is 11.5 Å². The summed E-state index contributed by atoms with van der Waals surface area (Å²) in [5.41, 5.74) is 17.0. The quantitative estimate of drug-likeness (QED) is 0.163. The number of anilines is 3. The lowest BCUT2D eigenvalue weighted by Gasteiger charge is -2.27. The molecule has 0 radical (unpaired) electrons. The van der Waals surface area contributed by atoms with Crippen LogP contribution >= 0.6 is 0 Å². The number of rotatable bonds is 7. The molecule has 56 heavy (non-hydrogen) atoms. The number of hydrogen-bond acceptors (Lipinski definition) is 2. The number of benzene rings is 9. The van der Waals surface area contributed by atoms with Crippen LogP contribution in [-0.2, 0) is 0 Å². The molecule has 0 atom stereocenters. The lowest BCUT2D eigenvalue weighted by Crippen LogP contribution is -2.10. The van der Waals surface area contributed by atoms with Gasteiger partial charge in [0.2, 0.25) is 0 Å². The maximum atomic E-state index is 6.95. The molecule has 0 spiro atoms. The number of fused-ring (bicyclic) bond motifs is 5. The molecule has 2 nitrogen and oxygen atoms in total. The Kier molecular flexibility index (Phi) is 8.55. The van der Waals surface area contributed by atoms with Crippen LogP contribution in [0.3, 0.4) is 0 Å². The Morgan fingerprint density at radius 3 is 1.27 bits per heavy atom. The van der Waals surface area contributed by atoms with Crippen molar-refractivity contribution in [3.8, 4) is 78.3 Å². The van der Waals surface area contributed by atoms with Crippen molar-refractivity contribution in [3.63, 3.8) is 0 Å². The van der Waals surface area contributed by atoms with Crippen molar-refractivity contribution in [1.82, 2.24) is 0 Å². The van der Waals surface area contributed by atoms with Crippen LogP contribution in [0.25, 0.3) is 66.8 Å². The van der Waals surface area contributed by atoms with Crippen molar-refractivity contribution >= 4 is 17.1 Å². The van der Waals surface area contributed by atoms with Gasteiger partial charge in [0.15, 0.2) is 0 Å². The topological polar surface area (TPSA) is 12.5 Å². The monoisotopic (exact) mass is 715 g/mol. The summed E-state index contributed by atoms with van der Waals surface area (Å²) in [6, 6.07) is 79.9. The largest absolute Gasteiger partial charge is 0.456 e. The Morgan fingerprint density at radius 1 is 0.250 bits per heavy atom. The third kappa shape index (κ3) is 6.24. The summed E-state index contributed by atoms with van der Waals surface area (Å²) in [5, 5.41) is 0. The van der Waals surface area contributed by atoms with Gasteiger partial charge in [-0.05, 0) is 110 Å². The molecule has 0 amide bonds. The smallest absolute Gasteiger partial charge is 0.135 e. The lowest BCUT2D eigenvalue weighted by atomic mass is 9.87. The van der Waals surface area contributed by atoms with E-state index in [1.807, 2.05) is 0 Å². The predicted octanol–water partition coefficient (Wildman–Crippen LogP) is 15.3. The molecule has 0 bridgehead atoms. The molecular formula is C54H37NO. The van der Waals surface area contributed by atoms with E-state index in [4.69, 9.17) is 4.74 Å². The molecule has 1 aliphatic rings. The van der Waals surface area contributed by atoms with Gasteiger partial charge in [-0.3, -0.25) is 0 Å². The molecule has 10 rings (SSSR count). The van der Waals surface area contributed by atoms with Gasteiger partial charge in [0.25, 0.3) is 0 Å². The minimum Gasteiger partial charge on any atom is -0.456 e. The van der Waals surface area contributed by atoms with Crippen molar-refractivity contribution < 1.29 is 4.74 Å². The molecule has 264 valence electrons. The van der Waals surface area contributed by atoms with E-state index in [9.17, 15) is 0 Å². The van der Waals surface area contributed by atoms with Crippen LogP contribution in [0.1, 0.15) is 0 Å². The second-order valence-electron chi connectivity index (χ2n) is 14.1. The Labute approximate surface area is 328 Å². The summed E-state index contributed by atoms with van der Waals surface area (Å²) in [7, 11) is 0. The van der Waals surface area contributed by atoms with Crippen LogP contribution in [0.15, 0.2) is 224 Å². The SMILES string of the molecule is c1ccc(-c2ccc(N(c3ccc(-c4ccccc4)cc3)c3ccc4c(c3)-c3cc(-c5ccccc5)ccc3-c3c(cccc3-c3ccccc3)O4)cc2)cc1. The minimum atomic E-state index is 0.822. The Hall–Kier alpha value is -7.42. The van der Waals surface area contributed by atoms with Crippen LogP contribution in [0.2, 0.25) is 0 Å². The number of hydrogen-bond donors (Lipinski definition) is 0. The van der Waals surface area contributed by atoms with Crippen molar-refractivity contribution in [2.45, 2.75) is 0 Å².